The molecule has 2 aliphatic carbocycles. The monoisotopic (exact) mass is 587 g/mol. The molecule has 1 heterocycles. The van der Waals surface area contributed by atoms with E-state index in [9.17, 15) is 19.1 Å². The van der Waals surface area contributed by atoms with Gasteiger partial charge >= 0.3 is 59.1 Å². The molecule has 5 rings (SSSR count). The van der Waals surface area contributed by atoms with E-state index >= 15 is 0 Å². The normalized spacial score (nSPS) is 23.4. The molecule has 2 N–H and O–H groups in total. The summed E-state index contributed by atoms with van der Waals surface area (Å²) in [5, 5.41) is 6.60. The fourth-order valence-corrected chi connectivity index (χ4v) is 6.35. The predicted molar refractivity (Wildman–Crippen MR) is 142 cm³/mol. The molecule has 12 heteroatoms. The van der Waals surface area contributed by atoms with E-state index in [0.29, 0.717) is 44.4 Å². The minimum atomic E-state index is -5.00. The van der Waals surface area contributed by atoms with Crippen molar-refractivity contribution in [3.8, 4) is 5.75 Å². The number of nitrogens with zero attached hydrogens (tertiary/aromatic N) is 1. The number of aryl methyl sites for hydroxylation is 1. The first-order chi connectivity index (χ1) is 18.2. The zero-order valence-corrected chi connectivity index (χ0v) is 28.9. The van der Waals surface area contributed by atoms with Crippen molar-refractivity contribution in [2.75, 3.05) is 29.9 Å². The van der Waals surface area contributed by atoms with Gasteiger partial charge in [0.25, 0.3) is 5.91 Å². The quantitative estimate of drug-likeness (QED) is 0.228. The first-order valence-corrected chi connectivity index (χ1v) is 15.0. The summed E-state index contributed by atoms with van der Waals surface area (Å²) in [7, 11) is -5.00. The number of benzene rings is 2. The first-order valence-electron chi connectivity index (χ1n) is 13.5. The van der Waals surface area contributed by atoms with Crippen molar-refractivity contribution in [3.63, 3.8) is 0 Å². The second-order valence-electron chi connectivity index (χ2n) is 10.8. The van der Waals surface area contributed by atoms with Crippen LogP contribution in [-0.4, -0.2) is 37.7 Å². The van der Waals surface area contributed by atoms with Gasteiger partial charge in [-0.2, -0.15) is 0 Å². The summed E-state index contributed by atoms with van der Waals surface area (Å²) in [6.07, 6.45) is 2.66. The summed E-state index contributed by atoms with van der Waals surface area (Å²) in [4.78, 5) is 37.6. The molecular formula is C28H36N3Na2O6P. The molecule has 0 aromatic heterocycles. The smallest absolute Gasteiger partial charge is 0.790 e. The molecule has 9 nitrogen and oxygen atoms in total. The third-order valence-corrected chi connectivity index (χ3v) is 8.46. The molecule has 206 valence electrons. The second-order valence-corrected chi connectivity index (χ2v) is 11.9. The molecule has 2 atom stereocenters. The van der Waals surface area contributed by atoms with Gasteiger partial charge in [-0.15, -0.1) is 0 Å². The van der Waals surface area contributed by atoms with Crippen LogP contribution < -0.4 is 89.2 Å². The molecule has 0 bridgehead atoms. The number of ether oxygens (including phenoxy) is 1. The van der Waals surface area contributed by atoms with Gasteiger partial charge in [-0.3, -0.25) is 4.79 Å². The Bertz CT molecular complexity index is 1210. The average molecular weight is 588 g/mol. The van der Waals surface area contributed by atoms with E-state index < -0.39 is 13.9 Å². The third kappa shape index (κ3) is 8.96. The molecule has 2 unspecified atom stereocenters. The van der Waals surface area contributed by atoms with Crippen molar-refractivity contribution >= 4 is 25.1 Å². The Hall–Kier alpha value is -0.580. The van der Waals surface area contributed by atoms with Crippen molar-refractivity contribution in [3.05, 3.63) is 53.1 Å². The molecule has 1 amide bonds. The summed E-state index contributed by atoms with van der Waals surface area (Å²) in [6, 6.07) is 12.0. The van der Waals surface area contributed by atoms with Crippen LogP contribution in [0.1, 0.15) is 60.5 Å². The summed E-state index contributed by atoms with van der Waals surface area (Å²) < 4.78 is 21.2. The van der Waals surface area contributed by atoms with Crippen LogP contribution in [0.2, 0.25) is 0 Å². The van der Waals surface area contributed by atoms with E-state index in [-0.39, 0.29) is 71.1 Å². The van der Waals surface area contributed by atoms with Crippen LogP contribution in [-0.2, 0) is 15.6 Å². The van der Waals surface area contributed by atoms with Gasteiger partial charge in [0.2, 0.25) is 0 Å². The molecule has 40 heavy (non-hydrogen) atoms. The molecule has 0 spiro atoms. The number of carbonyl (C=O) groups is 1. The minimum absolute atomic E-state index is 0. The number of rotatable bonds is 10. The van der Waals surface area contributed by atoms with Crippen molar-refractivity contribution in [1.29, 1.82) is 0 Å². The molecule has 1 aliphatic heterocycles. The number of carbonyl (C=O) groups excluding carboxylic acids is 1. The van der Waals surface area contributed by atoms with Crippen LogP contribution in [0.25, 0.3) is 0 Å². The number of anilines is 2. The van der Waals surface area contributed by atoms with Crippen molar-refractivity contribution in [2.24, 2.45) is 11.8 Å². The molecule has 2 aromatic carbocycles. The van der Waals surface area contributed by atoms with Gasteiger partial charge in [0.05, 0.1) is 26.1 Å². The number of fused-ring (bicyclic) bond motifs is 1. The zero-order valence-electron chi connectivity index (χ0n) is 24.0. The van der Waals surface area contributed by atoms with Gasteiger partial charge in [0.1, 0.15) is 5.75 Å². The Morgan fingerprint density at radius 3 is 2.38 bits per heavy atom. The first kappa shape index (κ1) is 33.9. The maximum Gasteiger partial charge on any atom is 1.00 e. The van der Waals surface area contributed by atoms with Crippen LogP contribution in [0, 0.1) is 18.8 Å². The van der Waals surface area contributed by atoms with E-state index in [0.717, 1.165) is 53.2 Å². The summed E-state index contributed by atoms with van der Waals surface area (Å²) in [5.41, 5.74) is 4.64. The Labute approximate surface area is 281 Å². The number of hydrogen-bond donors (Lipinski definition) is 2. The van der Waals surface area contributed by atoms with Crippen LogP contribution in [0.15, 0.2) is 36.4 Å². The van der Waals surface area contributed by atoms with Crippen molar-refractivity contribution in [1.82, 2.24) is 5.32 Å². The number of nitrogens with one attached hydrogen (secondary N) is 2. The number of phosphoric ester groups is 1. The van der Waals surface area contributed by atoms with Crippen LogP contribution in [0.4, 0.5) is 11.4 Å². The van der Waals surface area contributed by atoms with Gasteiger partial charge in [-0.05, 0) is 93.2 Å². The molecule has 2 saturated carbocycles. The fourth-order valence-electron chi connectivity index (χ4n) is 5.78. The van der Waals surface area contributed by atoms with E-state index in [4.69, 9.17) is 4.74 Å². The number of amides is 1. The number of phosphoric acid groups is 1. The van der Waals surface area contributed by atoms with Gasteiger partial charge < -0.3 is 39.1 Å². The summed E-state index contributed by atoms with van der Waals surface area (Å²) in [6.45, 7) is 7.32. The minimum Gasteiger partial charge on any atom is -0.790 e. The number of piperidine rings is 1. The van der Waals surface area contributed by atoms with Gasteiger partial charge in [0.15, 0.2) is 0 Å². The predicted octanol–water partition coefficient (Wildman–Crippen LogP) is -2.64. The largest absolute Gasteiger partial charge is 1.00 e. The van der Waals surface area contributed by atoms with Crippen LogP contribution >= 0.6 is 7.82 Å². The second kappa shape index (κ2) is 14.7. The third-order valence-electron chi connectivity index (χ3n) is 7.90. The topological polar surface area (TPSA) is 126 Å². The Balaban J connectivity index is 0.00000220. The zero-order chi connectivity index (χ0) is 26.9. The van der Waals surface area contributed by atoms with E-state index in [2.05, 4.69) is 32.2 Å². The van der Waals surface area contributed by atoms with Gasteiger partial charge in [0, 0.05) is 37.1 Å². The molecule has 3 aliphatic rings. The van der Waals surface area contributed by atoms with Gasteiger partial charge in [-0.25, -0.2) is 0 Å². The molecule has 1 saturated heterocycles. The molecule has 3 fully saturated rings. The molecular weight excluding hydrogens is 551 g/mol. The van der Waals surface area contributed by atoms with Crippen LogP contribution in [0.3, 0.4) is 0 Å². The Morgan fingerprint density at radius 1 is 1.05 bits per heavy atom. The van der Waals surface area contributed by atoms with Crippen LogP contribution in [0.5, 0.6) is 5.75 Å². The Kier molecular flexibility index (Phi) is 12.5. The van der Waals surface area contributed by atoms with E-state index in [1.54, 1.807) is 0 Å². The maximum absolute atomic E-state index is 13.4. The van der Waals surface area contributed by atoms with Crippen molar-refractivity contribution in [2.45, 2.75) is 64.6 Å². The SMILES string of the molecule is CCOc1ccc(CNc2cc(N3CC4CC4C3)ccc2C(=O)NC2CCC(OP(=O)([O-])[O-])CC2)cc1C.[Na+].[Na+]. The van der Waals surface area contributed by atoms with E-state index in [1.165, 1.54) is 6.42 Å². The summed E-state index contributed by atoms with van der Waals surface area (Å²) >= 11 is 0. The maximum atomic E-state index is 13.4. The van der Waals surface area contributed by atoms with E-state index in [1.807, 2.05) is 38.1 Å². The average Bonchev–Trinajstić information content (AvgIpc) is 3.49. The summed E-state index contributed by atoms with van der Waals surface area (Å²) in [5.74, 6) is 2.31. The van der Waals surface area contributed by atoms with Crippen molar-refractivity contribution < 1.29 is 87.5 Å². The fraction of sp³-hybridized carbons (Fsp3) is 0.536. The molecule has 0 radical (unpaired) electrons. The Morgan fingerprint density at radius 2 is 1.75 bits per heavy atom. The van der Waals surface area contributed by atoms with Gasteiger partial charge in [-0.1, -0.05) is 12.1 Å². The molecule has 2 aromatic rings. The number of hydrogen-bond acceptors (Lipinski definition) is 8. The standard InChI is InChI=1S/C28H38N3O6P.2Na/c1-3-36-27-11-4-19(12-18(27)2)15-29-26-14-23(31-16-20-13-21(20)17-31)7-10-25(26)28(32)30-22-5-8-24(9-6-22)37-38(33,34)35;;/h4,7,10-12,14,20-22,24,29H,3,5-6,8-9,13,15-17H2,1-2H3,(H,30,32)(H2,33,34,35);;/q;2*+1/p-2.